The number of hydrogen-bond acceptors (Lipinski definition) is 1. The first-order chi connectivity index (χ1) is 10.7. The van der Waals surface area contributed by atoms with Crippen molar-refractivity contribution in [3.05, 3.63) is 68.1 Å². The molecule has 0 saturated heterocycles. The second kappa shape index (κ2) is 9.68. The first-order valence-corrected chi connectivity index (χ1v) is 11.1. The summed E-state index contributed by atoms with van der Waals surface area (Å²) in [5, 5.41) is 0.802. The molecule has 0 saturated carbocycles. The van der Waals surface area contributed by atoms with Crippen molar-refractivity contribution in [2.75, 3.05) is 0 Å². The molecular weight excluding hydrogens is 423 g/mol. The molecule has 0 bridgehead atoms. The van der Waals surface area contributed by atoms with Crippen molar-refractivity contribution in [3.63, 3.8) is 0 Å². The SMILES string of the molecule is CCCC/C=C(/Sc1ccc(Cl)cc1)[Te]c1ccc(C)cc1. The van der Waals surface area contributed by atoms with Gasteiger partial charge in [-0.2, -0.15) is 0 Å². The van der Waals surface area contributed by atoms with Crippen LogP contribution in [0.25, 0.3) is 0 Å². The van der Waals surface area contributed by atoms with Gasteiger partial charge in [-0.1, -0.05) is 0 Å². The number of hydrogen-bond donors (Lipinski definition) is 0. The summed E-state index contributed by atoms with van der Waals surface area (Å²) in [6.07, 6.45) is 6.15. The molecular formula is C19H21ClSTe. The van der Waals surface area contributed by atoms with Crippen LogP contribution < -0.4 is 3.61 Å². The van der Waals surface area contributed by atoms with E-state index in [0.29, 0.717) is 0 Å². The predicted molar refractivity (Wildman–Crippen MR) is 101 cm³/mol. The fourth-order valence-electron chi connectivity index (χ4n) is 1.87. The third kappa shape index (κ3) is 6.39. The Labute approximate surface area is 153 Å². The summed E-state index contributed by atoms with van der Waals surface area (Å²) in [5.41, 5.74) is 1.33. The van der Waals surface area contributed by atoms with E-state index in [9.17, 15) is 0 Å². The molecule has 0 amide bonds. The van der Waals surface area contributed by atoms with E-state index in [-0.39, 0.29) is 20.9 Å². The average Bonchev–Trinajstić information content (AvgIpc) is 2.52. The molecule has 2 rings (SSSR count). The van der Waals surface area contributed by atoms with E-state index in [1.165, 1.54) is 33.3 Å². The molecule has 0 aromatic heterocycles. The van der Waals surface area contributed by atoms with E-state index in [0.717, 1.165) is 5.02 Å². The van der Waals surface area contributed by atoms with Crippen molar-refractivity contribution in [1.29, 1.82) is 0 Å². The fourth-order valence-corrected chi connectivity index (χ4v) is 6.58. The van der Waals surface area contributed by atoms with E-state index in [2.05, 4.69) is 56.3 Å². The van der Waals surface area contributed by atoms with Crippen molar-refractivity contribution in [3.8, 4) is 0 Å². The van der Waals surface area contributed by atoms with Gasteiger partial charge in [-0.3, -0.25) is 0 Å². The number of allylic oxidation sites excluding steroid dienone is 1. The summed E-state index contributed by atoms with van der Waals surface area (Å²) >= 11 is 7.57. The van der Waals surface area contributed by atoms with Crippen LogP contribution in [0.2, 0.25) is 5.02 Å². The predicted octanol–water partition coefficient (Wildman–Crippen LogP) is 5.80. The number of unbranched alkanes of at least 4 members (excludes halogenated alkanes) is 2. The molecule has 0 heterocycles. The second-order valence-electron chi connectivity index (χ2n) is 5.14. The molecule has 0 radical (unpaired) electrons. The Morgan fingerprint density at radius 2 is 1.77 bits per heavy atom. The van der Waals surface area contributed by atoms with Crippen molar-refractivity contribution in [2.24, 2.45) is 0 Å². The van der Waals surface area contributed by atoms with Gasteiger partial charge in [0.15, 0.2) is 0 Å². The maximum absolute atomic E-state index is 5.98. The number of aryl methyl sites for hydroxylation is 1. The Morgan fingerprint density at radius 3 is 2.41 bits per heavy atom. The Hall–Kier alpha value is -0.390. The average molecular weight is 444 g/mol. The molecule has 2 aromatic carbocycles. The Kier molecular flexibility index (Phi) is 7.90. The zero-order chi connectivity index (χ0) is 15.8. The van der Waals surface area contributed by atoms with Crippen molar-refractivity contribution in [1.82, 2.24) is 0 Å². The summed E-state index contributed by atoms with van der Waals surface area (Å²) in [4.78, 5) is 1.28. The van der Waals surface area contributed by atoms with Crippen LogP contribution in [0.1, 0.15) is 31.7 Å². The van der Waals surface area contributed by atoms with Gasteiger partial charge in [0.05, 0.1) is 0 Å². The normalized spacial score (nSPS) is 11.7. The Morgan fingerprint density at radius 1 is 1.09 bits per heavy atom. The van der Waals surface area contributed by atoms with Crippen LogP contribution in [0.15, 0.2) is 62.5 Å². The van der Waals surface area contributed by atoms with Gasteiger partial charge in [0.2, 0.25) is 0 Å². The number of benzene rings is 2. The molecule has 0 fully saturated rings. The van der Waals surface area contributed by atoms with Gasteiger partial charge < -0.3 is 0 Å². The summed E-state index contributed by atoms with van der Waals surface area (Å²) in [6.45, 7) is 4.39. The molecule has 0 aliphatic rings. The van der Waals surface area contributed by atoms with Gasteiger partial charge in [0, 0.05) is 0 Å². The first kappa shape index (κ1) is 18.0. The van der Waals surface area contributed by atoms with Crippen LogP contribution in [0.4, 0.5) is 0 Å². The molecule has 22 heavy (non-hydrogen) atoms. The van der Waals surface area contributed by atoms with Crippen molar-refractivity contribution < 1.29 is 0 Å². The molecule has 2 aromatic rings. The fraction of sp³-hybridized carbons (Fsp3) is 0.263. The maximum atomic E-state index is 5.98. The van der Waals surface area contributed by atoms with Gasteiger partial charge in [-0.15, -0.1) is 0 Å². The van der Waals surface area contributed by atoms with Gasteiger partial charge in [-0.05, 0) is 0 Å². The van der Waals surface area contributed by atoms with Gasteiger partial charge in [0.1, 0.15) is 0 Å². The quantitative estimate of drug-likeness (QED) is 0.295. The Bertz CT molecular complexity index is 553. The summed E-state index contributed by atoms with van der Waals surface area (Å²) in [5.74, 6) is 0. The monoisotopic (exact) mass is 446 g/mol. The van der Waals surface area contributed by atoms with Gasteiger partial charge in [0.25, 0.3) is 0 Å². The summed E-state index contributed by atoms with van der Waals surface area (Å²) in [7, 11) is 0. The van der Waals surface area contributed by atoms with Crippen molar-refractivity contribution in [2.45, 2.75) is 38.0 Å². The Balaban J connectivity index is 2.09. The molecule has 0 aliphatic heterocycles. The van der Waals surface area contributed by atoms with Crippen LogP contribution >= 0.6 is 23.4 Å². The van der Waals surface area contributed by atoms with Crippen LogP contribution in [0.5, 0.6) is 0 Å². The minimum absolute atomic E-state index is 0.314. The van der Waals surface area contributed by atoms with Crippen LogP contribution in [0.3, 0.4) is 0 Å². The van der Waals surface area contributed by atoms with E-state index >= 15 is 0 Å². The second-order valence-corrected chi connectivity index (χ2v) is 10.7. The van der Waals surface area contributed by atoms with Crippen LogP contribution in [-0.4, -0.2) is 20.9 Å². The number of rotatable bonds is 7. The molecule has 0 atom stereocenters. The van der Waals surface area contributed by atoms with E-state index in [1.807, 2.05) is 23.9 Å². The summed E-state index contributed by atoms with van der Waals surface area (Å²) < 4.78 is 3.05. The van der Waals surface area contributed by atoms with E-state index in [4.69, 9.17) is 11.6 Å². The third-order valence-electron chi connectivity index (χ3n) is 3.14. The van der Waals surface area contributed by atoms with Gasteiger partial charge in [-0.25, -0.2) is 0 Å². The van der Waals surface area contributed by atoms with Crippen LogP contribution in [0, 0.1) is 6.92 Å². The molecule has 0 nitrogen and oxygen atoms in total. The number of thioether (sulfide) groups is 1. The molecule has 116 valence electrons. The summed E-state index contributed by atoms with van der Waals surface area (Å²) in [6, 6.07) is 17.2. The zero-order valence-electron chi connectivity index (χ0n) is 13.0. The zero-order valence-corrected chi connectivity index (χ0v) is 16.9. The molecule has 3 heteroatoms. The molecule has 0 N–H and O–H groups in total. The van der Waals surface area contributed by atoms with E-state index in [1.54, 1.807) is 2.95 Å². The van der Waals surface area contributed by atoms with Gasteiger partial charge >= 0.3 is 154 Å². The van der Waals surface area contributed by atoms with E-state index < -0.39 is 0 Å². The molecule has 0 unspecified atom stereocenters. The first-order valence-electron chi connectivity index (χ1n) is 7.55. The van der Waals surface area contributed by atoms with Crippen molar-refractivity contribution >= 4 is 47.9 Å². The molecule has 0 aliphatic carbocycles. The third-order valence-corrected chi connectivity index (χ3v) is 8.04. The molecule has 0 spiro atoms. The minimum atomic E-state index is -0.314. The topological polar surface area (TPSA) is 0 Å². The van der Waals surface area contributed by atoms with Crippen LogP contribution in [-0.2, 0) is 0 Å². The standard InChI is InChI=1S/C19H21ClSTe/c1-3-4-5-6-19(21-17-11-9-16(20)10-12-17)22-18-13-7-15(2)8-14-18/h6-14H,3-5H2,1-2H3/b19-6-. The number of halogens is 1.